The molecule has 0 aliphatic carbocycles. The van der Waals surface area contributed by atoms with Crippen LogP contribution in [-0.4, -0.2) is 12.2 Å². The van der Waals surface area contributed by atoms with Gasteiger partial charge in [-0.2, -0.15) is 5.11 Å². The normalized spacial score (nSPS) is 19.5. The van der Waals surface area contributed by atoms with E-state index in [-0.39, 0.29) is 6.17 Å². The summed E-state index contributed by atoms with van der Waals surface area (Å²) in [7, 11) is 1.63. The molecule has 14 heavy (non-hydrogen) atoms. The Labute approximate surface area is 87.0 Å². The summed E-state index contributed by atoms with van der Waals surface area (Å²) in [6.45, 7) is 0. The van der Waals surface area contributed by atoms with Crippen molar-refractivity contribution in [3.8, 4) is 5.75 Å². The average molecular weight is 207 g/mol. The molecule has 0 spiro atoms. The molecule has 0 amide bonds. The lowest BCUT2D eigenvalue weighted by Crippen LogP contribution is -2.18. The number of para-hydroxylation sites is 1. The van der Waals surface area contributed by atoms with Gasteiger partial charge in [-0.3, -0.25) is 0 Å². The van der Waals surface area contributed by atoms with Crippen LogP contribution in [0.3, 0.4) is 0 Å². The molecule has 0 fully saturated rings. The third kappa shape index (κ3) is 1.58. The van der Waals surface area contributed by atoms with E-state index in [2.05, 4.69) is 15.5 Å². The third-order valence-corrected chi connectivity index (χ3v) is 2.16. The topological polar surface area (TPSA) is 46.0 Å². The molecule has 1 aromatic carbocycles. The molecule has 0 saturated carbocycles. The summed E-state index contributed by atoms with van der Waals surface area (Å²) < 4.78 is 5.21. The fraction of sp³-hybridized carbons (Fsp3) is 0.222. The zero-order valence-corrected chi connectivity index (χ0v) is 8.41. The highest BCUT2D eigenvalue weighted by molar-refractivity contribution is 7.80. The molecule has 1 heterocycles. The highest BCUT2D eigenvalue weighted by Crippen LogP contribution is 2.27. The first-order valence-electron chi connectivity index (χ1n) is 4.15. The van der Waals surface area contributed by atoms with Crippen molar-refractivity contribution in [2.45, 2.75) is 6.17 Å². The Morgan fingerprint density at radius 3 is 2.86 bits per heavy atom. The van der Waals surface area contributed by atoms with Crippen LogP contribution >= 0.6 is 12.2 Å². The van der Waals surface area contributed by atoms with Crippen molar-refractivity contribution in [2.24, 2.45) is 10.2 Å². The number of nitrogens with one attached hydrogen (secondary N) is 1. The van der Waals surface area contributed by atoms with Crippen LogP contribution in [0.4, 0.5) is 0 Å². The van der Waals surface area contributed by atoms with E-state index in [0.29, 0.717) is 5.11 Å². The first-order chi connectivity index (χ1) is 6.81. The Morgan fingerprint density at radius 2 is 2.21 bits per heavy atom. The molecule has 1 N–H and O–H groups in total. The monoisotopic (exact) mass is 207 g/mol. The van der Waals surface area contributed by atoms with E-state index in [9.17, 15) is 0 Å². The number of benzene rings is 1. The summed E-state index contributed by atoms with van der Waals surface area (Å²) in [6, 6.07) is 7.65. The van der Waals surface area contributed by atoms with Crippen LogP contribution in [-0.2, 0) is 0 Å². The lowest BCUT2D eigenvalue weighted by atomic mass is 10.1. The van der Waals surface area contributed by atoms with Crippen LogP contribution in [0, 0.1) is 0 Å². The van der Waals surface area contributed by atoms with E-state index < -0.39 is 0 Å². The zero-order valence-electron chi connectivity index (χ0n) is 7.60. The second-order valence-corrected chi connectivity index (χ2v) is 3.20. The summed E-state index contributed by atoms with van der Waals surface area (Å²) in [5, 5.41) is 11.1. The van der Waals surface area contributed by atoms with Crippen molar-refractivity contribution in [1.82, 2.24) is 5.32 Å². The van der Waals surface area contributed by atoms with Crippen LogP contribution in [0.5, 0.6) is 5.75 Å². The molecular formula is C9H9N3OS. The van der Waals surface area contributed by atoms with Gasteiger partial charge in [0, 0.05) is 5.56 Å². The van der Waals surface area contributed by atoms with Gasteiger partial charge in [0.25, 0.3) is 0 Å². The average Bonchev–Trinajstić information content (AvgIpc) is 2.65. The first-order valence-corrected chi connectivity index (χ1v) is 4.56. The zero-order chi connectivity index (χ0) is 9.97. The number of rotatable bonds is 2. The van der Waals surface area contributed by atoms with Gasteiger partial charge in [0.15, 0.2) is 6.17 Å². The van der Waals surface area contributed by atoms with Crippen molar-refractivity contribution in [3.63, 3.8) is 0 Å². The van der Waals surface area contributed by atoms with Crippen molar-refractivity contribution in [1.29, 1.82) is 0 Å². The van der Waals surface area contributed by atoms with Crippen molar-refractivity contribution in [2.75, 3.05) is 7.11 Å². The molecule has 1 aliphatic heterocycles. The molecule has 0 aromatic heterocycles. The molecule has 1 aliphatic rings. The molecule has 1 unspecified atom stereocenters. The van der Waals surface area contributed by atoms with Gasteiger partial charge in [-0.05, 0) is 18.3 Å². The fourth-order valence-electron chi connectivity index (χ4n) is 1.32. The van der Waals surface area contributed by atoms with E-state index in [4.69, 9.17) is 17.0 Å². The molecule has 72 valence electrons. The second kappa shape index (κ2) is 3.71. The SMILES string of the molecule is COc1ccccc1C1N=NC(=S)N1. The number of ether oxygens (including phenoxy) is 1. The molecule has 0 radical (unpaired) electrons. The van der Waals surface area contributed by atoms with Crippen LogP contribution < -0.4 is 10.1 Å². The quantitative estimate of drug-likeness (QED) is 0.755. The van der Waals surface area contributed by atoms with Gasteiger partial charge in [0.1, 0.15) is 5.75 Å². The Hall–Kier alpha value is -1.49. The van der Waals surface area contributed by atoms with Crippen LogP contribution in [0.1, 0.15) is 11.7 Å². The standard InChI is InChI=1S/C9H9N3OS/c1-13-7-5-3-2-4-6(7)8-10-9(14)12-11-8/h2-5,8H,1H3,(H,10,14). The molecule has 0 saturated heterocycles. The van der Waals surface area contributed by atoms with E-state index >= 15 is 0 Å². The molecular weight excluding hydrogens is 198 g/mol. The fourth-order valence-corrected chi connectivity index (χ4v) is 1.48. The Morgan fingerprint density at radius 1 is 1.43 bits per heavy atom. The number of methoxy groups -OCH3 is 1. The summed E-state index contributed by atoms with van der Waals surface area (Å²) in [5.74, 6) is 0.786. The lowest BCUT2D eigenvalue weighted by molar-refractivity contribution is 0.405. The van der Waals surface area contributed by atoms with E-state index in [1.165, 1.54) is 0 Å². The number of thiocarbonyl (C=S) groups is 1. The maximum atomic E-state index is 5.21. The van der Waals surface area contributed by atoms with Gasteiger partial charge in [0.2, 0.25) is 5.11 Å². The second-order valence-electron chi connectivity index (χ2n) is 2.81. The molecule has 4 nitrogen and oxygen atoms in total. The lowest BCUT2D eigenvalue weighted by Gasteiger charge is -2.11. The van der Waals surface area contributed by atoms with E-state index in [1.54, 1.807) is 7.11 Å². The molecule has 2 rings (SSSR count). The van der Waals surface area contributed by atoms with Gasteiger partial charge >= 0.3 is 0 Å². The minimum absolute atomic E-state index is 0.210. The third-order valence-electron chi connectivity index (χ3n) is 1.96. The maximum Gasteiger partial charge on any atom is 0.215 e. The highest BCUT2D eigenvalue weighted by Gasteiger charge is 2.19. The number of nitrogens with zero attached hydrogens (tertiary/aromatic N) is 2. The van der Waals surface area contributed by atoms with Gasteiger partial charge < -0.3 is 10.1 Å². The molecule has 1 aromatic rings. The van der Waals surface area contributed by atoms with Crippen LogP contribution in [0.25, 0.3) is 0 Å². The Balaban J connectivity index is 2.32. The van der Waals surface area contributed by atoms with E-state index in [1.807, 2.05) is 24.3 Å². The molecule has 0 bridgehead atoms. The minimum atomic E-state index is -0.210. The smallest absolute Gasteiger partial charge is 0.215 e. The van der Waals surface area contributed by atoms with Crippen LogP contribution in [0.15, 0.2) is 34.5 Å². The summed E-state index contributed by atoms with van der Waals surface area (Å²) >= 11 is 4.86. The number of hydrogen-bond acceptors (Lipinski definition) is 3. The summed E-state index contributed by atoms with van der Waals surface area (Å²) in [6.07, 6.45) is -0.210. The van der Waals surface area contributed by atoms with Crippen molar-refractivity contribution >= 4 is 17.3 Å². The molecule has 1 atom stereocenters. The molecule has 5 heteroatoms. The van der Waals surface area contributed by atoms with Gasteiger partial charge in [-0.25, -0.2) is 0 Å². The van der Waals surface area contributed by atoms with Crippen LogP contribution in [0.2, 0.25) is 0 Å². The Bertz CT molecular complexity index is 391. The van der Waals surface area contributed by atoms with E-state index in [0.717, 1.165) is 11.3 Å². The van der Waals surface area contributed by atoms with Gasteiger partial charge in [0.05, 0.1) is 7.11 Å². The maximum absolute atomic E-state index is 5.21. The van der Waals surface area contributed by atoms with Gasteiger partial charge in [-0.15, -0.1) is 5.11 Å². The number of hydrogen-bond donors (Lipinski definition) is 1. The predicted molar refractivity (Wildman–Crippen MR) is 56.3 cm³/mol. The predicted octanol–water partition coefficient (Wildman–Crippen LogP) is 2.03. The van der Waals surface area contributed by atoms with Crippen molar-refractivity contribution in [3.05, 3.63) is 29.8 Å². The van der Waals surface area contributed by atoms with Crippen molar-refractivity contribution < 1.29 is 4.74 Å². The first kappa shape index (κ1) is 9.08. The minimum Gasteiger partial charge on any atom is -0.496 e. The summed E-state index contributed by atoms with van der Waals surface area (Å²) in [4.78, 5) is 0. The number of azo groups is 1. The Kier molecular flexibility index (Phi) is 2.41. The summed E-state index contributed by atoms with van der Waals surface area (Å²) in [5.41, 5.74) is 0.943. The van der Waals surface area contributed by atoms with Gasteiger partial charge in [-0.1, -0.05) is 18.2 Å². The highest BCUT2D eigenvalue weighted by atomic mass is 32.1. The largest absolute Gasteiger partial charge is 0.496 e.